The van der Waals surface area contributed by atoms with Crippen LogP contribution in [0.1, 0.15) is 0 Å². The Balaban J connectivity index is 2.19. The van der Waals surface area contributed by atoms with Crippen molar-refractivity contribution in [2.45, 2.75) is 6.54 Å². The minimum absolute atomic E-state index is 0.0289. The van der Waals surface area contributed by atoms with Crippen molar-refractivity contribution in [3.8, 4) is 0 Å². The molecule has 2 rings (SSSR count). The fourth-order valence-electron chi connectivity index (χ4n) is 1.52. The number of nitrogens with zero attached hydrogens (tertiary/aromatic N) is 2. The van der Waals surface area contributed by atoms with Crippen LogP contribution in [-0.2, 0) is 15.9 Å². The summed E-state index contributed by atoms with van der Waals surface area (Å²) in [4.78, 5) is 15.6. The van der Waals surface area contributed by atoms with Gasteiger partial charge in [-0.05, 0) is 12.1 Å². The minimum Gasteiger partial charge on any atom is -0.321 e. The second-order valence-electron chi connectivity index (χ2n) is 3.61. The zero-order chi connectivity index (χ0) is 12.5. The van der Waals surface area contributed by atoms with E-state index in [1.54, 1.807) is 4.57 Å². The van der Waals surface area contributed by atoms with Crippen LogP contribution in [0.15, 0.2) is 30.6 Å². The molecule has 5 N–H and O–H groups in total. The van der Waals surface area contributed by atoms with Gasteiger partial charge in [0.05, 0.1) is 17.4 Å². The quantitative estimate of drug-likeness (QED) is 0.674. The van der Waals surface area contributed by atoms with Crippen LogP contribution in [-0.4, -0.2) is 15.5 Å². The fourth-order valence-corrected chi connectivity index (χ4v) is 1.98. The van der Waals surface area contributed by atoms with Crippen LogP contribution in [0.4, 0.5) is 0 Å². The van der Waals surface area contributed by atoms with Crippen molar-refractivity contribution in [2.75, 3.05) is 0 Å². The van der Waals surface area contributed by atoms with Gasteiger partial charge in [-0.1, -0.05) is 12.1 Å². The molecule has 1 amide bonds. The largest absolute Gasteiger partial charge is 0.321 e. The van der Waals surface area contributed by atoms with Gasteiger partial charge in [-0.15, -0.1) is 0 Å². The number of nitrogens with one attached hydrogen (secondary N) is 1. The second-order valence-corrected chi connectivity index (χ2v) is 5.25. The topological polar surface area (TPSA) is 116 Å². The first-order valence-electron chi connectivity index (χ1n) is 4.84. The zero-order valence-corrected chi connectivity index (χ0v) is 9.80. The number of carbonyl (C=O) groups excluding carboxylic acids is 1. The number of hydrogen-bond acceptors (Lipinski definition) is 3. The summed E-state index contributed by atoms with van der Waals surface area (Å²) in [5, 5.41) is 2.05. The highest BCUT2D eigenvalue weighted by molar-refractivity contribution is 7.57. The molecule has 17 heavy (non-hydrogen) atoms. The molecule has 90 valence electrons. The molecule has 0 aliphatic heterocycles. The maximum absolute atomic E-state index is 11.5. The summed E-state index contributed by atoms with van der Waals surface area (Å²) in [6, 6.07) is 7.36. The zero-order valence-electron chi connectivity index (χ0n) is 8.91. The van der Waals surface area contributed by atoms with Crippen molar-refractivity contribution in [1.82, 2.24) is 14.6 Å². The Morgan fingerprint density at radius 2 is 2.12 bits per heavy atom. The Kier molecular flexibility index (Phi) is 2.97. The molecule has 0 aliphatic carbocycles. The fraction of sp³-hybridized carbons (Fsp3) is 0.111. The van der Waals surface area contributed by atoms with E-state index in [1.807, 2.05) is 29.4 Å². The molecule has 0 saturated heterocycles. The molecule has 1 aromatic carbocycles. The van der Waals surface area contributed by atoms with Crippen molar-refractivity contribution in [3.05, 3.63) is 30.6 Å². The molecular weight excluding hydrogens is 241 g/mol. The molecule has 0 atom stereocenters. The second kappa shape index (κ2) is 4.29. The minimum atomic E-state index is -3.53. The maximum atomic E-state index is 11.5. The molecule has 0 spiro atoms. The summed E-state index contributed by atoms with van der Waals surface area (Å²) in [7, 11) is -3.53. The van der Waals surface area contributed by atoms with Crippen molar-refractivity contribution in [3.63, 3.8) is 0 Å². The molecule has 0 saturated carbocycles. The van der Waals surface area contributed by atoms with Gasteiger partial charge in [-0.2, -0.15) is 0 Å². The van der Waals surface area contributed by atoms with E-state index in [4.69, 9.17) is 11.0 Å². The molecule has 1 heterocycles. The van der Waals surface area contributed by atoms with E-state index in [0.717, 1.165) is 11.0 Å². The van der Waals surface area contributed by atoms with Crippen LogP contribution in [0.5, 0.6) is 0 Å². The molecule has 8 heteroatoms. The van der Waals surface area contributed by atoms with Crippen molar-refractivity contribution >= 4 is 24.5 Å². The third kappa shape index (κ3) is 2.91. The number of para-hydroxylation sites is 2. The average Bonchev–Trinajstić information content (AvgIpc) is 2.59. The number of imidazole rings is 1. The summed E-state index contributed by atoms with van der Waals surface area (Å²) in [6.07, 6.45) is 1.53. The molecule has 0 aliphatic rings. The molecule has 1 aromatic heterocycles. The van der Waals surface area contributed by atoms with Gasteiger partial charge in [0.15, 0.2) is 0 Å². The predicted molar refractivity (Wildman–Crippen MR) is 63.9 cm³/mol. The number of rotatable bonds is 3. The van der Waals surface area contributed by atoms with Gasteiger partial charge in [0.1, 0.15) is 6.54 Å². The lowest BCUT2D eigenvalue weighted by molar-refractivity contribution is -0.119. The average molecular weight is 253 g/mol. The summed E-state index contributed by atoms with van der Waals surface area (Å²) in [6.45, 7) is -0.0289. The van der Waals surface area contributed by atoms with E-state index in [2.05, 4.69) is 4.98 Å². The Bertz CT molecular complexity index is 602. The molecule has 0 radical (unpaired) electrons. The Morgan fingerprint density at radius 1 is 1.41 bits per heavy atom. The van der Waals surface area contributed by atoms with Crippen LogP contribution in [0, 0.1) is 0 Å². The lowest BCUT2D eigenvalue weighted by atomic mass is 10.3. The highest BCUT2D eigenvalue weighted by atomic mass is 31.2. The lowest BCUT2D eigenvalue weighted by Crippen LogP contribution is -2.31. The number of carbonyl (C=O) groups is 1. The number of amides is 1. The van der Waals surface area contributed by atoms with E-state index in [1.165, 1.54) is 6.33 Å². The number of benzene rings is 1. The van der Waals surface area contributed by atoms with Gasteiger partial charge in [0, 0.05) is 0 Å². The number of nitrogens with two attached hydrogens (primary N) is 2. The maximum Gasteiger partial charge on any atom is 0.300 e. The van der Waals surface area contributed by atoms with Crippen molar-refractivity contribution in [1.29, 1.82) is 0 Å². The monoisotopic (exact) mass is 253 g/mol. The number of aromatic nitrogens is 2. The highest BCUT2D eigenvalue weighted by Crippen LogP contribution is 2.17. The van der Waals surface area contributed by atoms with Gasteiger partial charge < -0.3 is 4.57 Å². The lowest BCUT2D eigenvalue weighted by Gasteiger charge is -2.09. The third-order valence-corrected chi connectivity index (χ3v) is 2.74. The molecule has 0 fully saturated rings. The first-order valence-corrected chi connectivity index (χ1v) is 6.68. The highest BCUT2D eigenvalue weighted by Gasteiger charge is 2.14. The van der Waals surface area contributed by atoms with Gasteiger partial charge in [-0.3, -0.25) is 25.5 Å². The van der Waals surface area contributed by atoms with Gasteiger partial charge in [0.25, 0.3) is 7.59 Å². The van der Waals surface area contributed by atoms with Crippen molar-refractivity contribution in [2.24, 2.45) is 11.0 Å². The predicted octanol–water partition coefficient (Wildman–Crippen LogP) is 0.178. The summed E-state index contributed by atoms with van der Waals surface area (Å²) in [5.41, 5.74) is 11.7. The van der Waals surface area contributed by atoms with E-state index < -0.39 is 13.5 Å². The van der Waals surface area contributed by atoms with Crippen LogP contribution in [0.25, 0.3) is 11.0 Å². The van der Waals surface area contributed by atoms with Gasteiger partial charge >= 0.3 is 0 Å². The van der Waals surface area contributed by atoms with E-state index in [-0.39, 0.29) is 6.54 Å². The first kappa shape index (κ1) is 11.8. The normalized spacial score (nSPS) is 11.6. The van der Waals surface area contributed by atoms with Gasteiger partial charge in [0.2, 0.25) is 5.91 Å². The third-order valence-electron chi connectivity index (χ3n) is 2.14. The number of hydrogen-bond donors (Lipinski definition) is 3. The van der Waals surface area contributed by atoms with E-state index in [0.29, 0.717) is 0 Å². The summed E-state index contributed by atoms with van der Waals surface area (Å²) < 4.78 is 12.6. The van der Waals surface area contributed by atoms with E-state index in [9.17, 15) is 9.36 Å². The molecule has 2 aromatic rings. The summed E-state index contributed by atoms with van der Waals surface area (Å²) in [5.74, 6) is -0.513. The Morgan fingerprint density at radius 3 is 2.82 bits per heavy atom. The van der Waals surface area contributed by atoms with Crippen LogP contribution in [0.3, 0.4) is 0 Å². The molecule has 7 nitrogen and oxygen atoms in total. The number of fused-ring (bicyclic) bond motifs is 1. The molecule has 0 bridgehead atoms. The van der Waals surface area contributed by atoms with Crippen LogP contribution >= 0.6 is 7.59 Å². The smallest absolute Gasteiger partial charge is 0.300 e. The summed E-state index contributed by atoms with van der Waals surface area (Å²) >= 11 is 0. The first-order chi connectivity index (χ1) is 7.96. The molecular formula is C9H12N5O2P. The van der Waals surface area contributed by atoms with Gasteiger partial charge in [-0.25, -0.2) is 4.98 Å². The van der Waals surface area contributed by atoms with Crippen molar-refractivity contribution < 1.29 is 9.36 Å². The standard InChI is InChI=1S/C9H12N5O2P/c10-17(11,16)13-9(15)5-14-6-12-7-3-1-2-4-8(7)14/h1-4,6H,5H2,(H5,10,11,13,15,16). The van der Waals surface area contributed by atoms with Crippen LogP contribution in [0.2, 0.25) is 0 Å². The van der Waals surface area contributed by atoms with E-state index >= 15 is 0 Å². The Hall–Kier alpha value is -1.69. The van der Waals surface area contributed by atoms with Crippen LogP contribution < -0.4 is 16.1 Å². The SMILES string of the molecule is NP(N)(=O)NC(=O)Cn1cnc2ccccc21. The Labute approximate surface area is 97.3 Å². The molecule has 0 unspecified atom stereocenters.